The van der Waals surface area contributed by atoms with E-state index in [1.807, 2.05) is 0 Å². The Morgan fingerprint density at radius 3 is 1.93 bits per heavy atom. The molecule has 2 N–H and O–H groups in total. The van der Waals surface area contributed by atoms with Crippen molar-refractivity contribution >= 4 is 23.3 Å². The summed E-state index contributed by atoms with van der Waals surface area (Å²) in [5.41, 5.74) is -0.594. The molecule has 0 aliphatic rings. The van der Waals surface area contributed by atoms with Crippen molar-refractivity contribution in [1.29, 1.82) is 0 Å². The van der Waals surface area contributed by atoms with Gasteiger partial charge in [-0.15, -0.1) is 0 Å². The highest BCUT2D eigenvalue weighted by Crippen LogP contribution is 2.10. The van der Waals surface area contributed by atoms with Gasteiger partial charge in [0.15, 0.2) is 0 Å². The first-order valence-electron chi connectivity index (χ1n) is 3.71. The standard InChI is InChI=1S/C9H7NO4/c11-8(12)7(9(13)14)10-6-4-2-1-3-5-6/h1-5H,(H,11,12)(H,13,14). The van der Waals surface area contributed by atoms with Crippen molar-refractivity contribution in [2.75, 3.05) is 0 Å². The highest BCUT2D eigenvalue weighted by Gasteiger charge is 2.17. The van der Waals surface area contributed by atoms with Crippen molar-refractivity contribution in [3.63, 3.8) is 0 Å². The number of hydrogen-bond donors (Lipinski definition) is 2. The van der Waals surface area contributed by atoms with E-state index in [1.54, 1.807) is 18.2 Å². The van der Waals surface area contributed by atoms with Gasteiger partial charge in [0.1, 0.15) is 0 Å². The smallest absolute Gasteiger partial charge is 0.362 e. The van der Waals surface area contributed by atoms with Gasteiger partial charge in [-0.25, -0.2) is 14.6 Å². The summed E-state index contributed by atoms with van der Waals surface area (Å²) in [6.07, 6.45) is 0. The maximum absolute atomic E-state index is 10.4. The van der Waals surface area contributed by atoms with Crippen molar-refractivity contribution in [3.05, 3.63) is 30.3 Å². The molecule has 72 valence electrons. The van der Waals surface area contributed by atoms with E-state index in [1.165, 1.54) is 12.1 Å². The topological polar surface area (TPSA) is 87.0 Å². The highest BCUT2D eigenvalue weighted by molar-refractivity contribution is 6.62. The molecule has 0 atom stereocenters. The van der Waals surface area contributed by atoms with E-state index in [4.69, 9.17) is 10.2 Å². The number of nitrogens with zero attached hydrogens (tertiary/aromatic N) is 1. The van der Waals surface area contributed by atoms with E-state index in [0.29, 0.717) is 5.69 Å². The zero-order valence-electron chi connectivity index (χ0n) is 7.04. The summed E-state index contributed by atoms with van der Waals surface area (Å²) in [4.78, 5) is 24.3. The van der Waals surface area contributed by atoms with Gasteiger partial charge in [0.25, 0.3) is 0 Å². The Morgan fingerprint density at radius 2 is 1.50 bits per heavy atom. The summed E-state index contributed by atoms with van der Waals surface area (Å²) in [5, 5.41) is 17.0. The minimum Gasteiger partial charge on any atom is -0.476 e. The summed E-state index contributed by atoms with van der Waals surface area (Å²) in [6, 6.07) is 8.04. The lowest BCUT2D eigenvalue weighted by atomic mass is 10.3. The van der Waals surface area contributed by atoms with Gasteiger partial charge in [-0.1, -0.05) is 18.2 Å². The lowest BCUT2D eigenvalue weighted by Gasteiger charge is -1.95. The third-order valence-corrected chi connectivity index (χ3v) is 1.40. The van der Waals surface area contributed by atoms with Crippen molar-refractivity contribution in [2.24, 2.45) is 4.99 Å². The third-order valence-electron chi connectivity index (χ3n) is 1.40. The van der Waals surface area contributed by atoms with Gasteiger partial charge in [-0.2, -0.15) is 0 Å². The molecule has 14 heavy (non-hydrogen) atoms. The fourth-order valence-corrected chi connectivity index (χ4v) is 0.819. The minimum absolute atomic E-state index is 0.298. The summed E-state index contributed by atoms with van der Waals surface area (Å²) in [5.74, 6) is -3.11. The third kappa shape index (κ3) is 2.41. The molecule has 1 aromatic carbocycles. The number of rotatable bonds is 3. The van der Waals surface area contributed by atoms with Crippen LogP contribution in [0, 0.1) is 0 Å². The molecule has 0 amide bonds. The Labute approximate surface area is 79.3 Å². The number of carboxylic acids is 2. The number of aliphatic imine (C=N–C) groups is 1. The molecule has 0 saturated heterocycles. The summed E-state index contributed by atoms with van der Waals surface area (Å²) < 4.78 is 0. The summed E-state index contributed by atoms with van der Waals surface area (Å²) in [7, 11) is 0. The van der Waals surface area contributed by atoms with Gasteiger partial charge >= 0.3 is 11.9 Å². The molecule has 0 bridgehead atoms. The zero-order chi connectivity index (χ0) is 10.6. The van der Waals surface area contributed by atoms with Crippen molar-refractivity contribution in [2.45, 2.75) is 0 Å². The fourth-order valence-electron chi connectivity index (χ4n) is 0.819. The maximum atomic E-state index is 10.4. The minimum atomic E-state index is -1.55. The SMILES string of the molecule is O=C(O)C(=Nc1ccccc1)C(=O)O. The van der Waals surface area contributed by atoms with Gasteiger partial charge in [-0.3, -0.25) is 0 Å². The molecule has 1 rings (SSSR count). The van der Waals surface area contributed by atoms with Gasteiger partial charge in [0.2, 0.25) is 5.71 Å². The average Bonchev–Trinajstić information content (AvgIpc) is 2.15. The molecule has 0 saturated carbocycles. The van der Waals surface area contributed by atoms with Crippen LogP contribution in [0.25, 0.3) is 0 Å². The predicted octanol–water partition coefficient (Wildman–Crippen LogP) is 0.928. The number of aliphatic carboxylic acids is 2. The highest BCUT2D eigenvalue weighted by atomic mass is 16.4. The van der Waals surface area contributed by atoms with Crippen LogP contribution in [-0.4, -0.2) is 27.9 Å². The van der Waals surface area contributed by atoms with Crippen molar-refractivity contribution in [3.8, 4) is 0 Å². The van der Waals surface area contributed by atoms with Crippen molar-refractivity contribution in [1.82, 2.24) is 0 Å². The molecule has 0 spiro atoms. The van der Waals surface area contributed by atoms with E-state index < -0.39 is 17.7 Å². The molecule has 0 unspecified atom stereocenters. The Kier molecular flexibility index (Phi) is 2.96. The molecule has 5 nitrogen and oxygen atoms in total. The van der Waals surface area contributed by atoms with Crippen molar-refractivity contribution < 1.29 is 19.8 Å². The average molecular weight is 193 g/mol. The van der Waals surface area contributed by atoms with Crippen LogP contribution >= 0.6 is 0 Å². The second-order valence-corrected chi connectivity index (χ2v) is 2.41. The normalized spacial score (nSPS) is 9.14. The first-order valence-corrected chi connectivity index (χ1v) is 3.71. The molecule has 0 aromatic heterocycles. The molecule has 1 aromatic rings. The van der Waals surface area contributed by atoms with Gasteiger partial charge in [0, 0.05) is 0 Å². The van der Waals surface area contributed by atoms with Crippen LogP contribution in [0.3, 0.4) is 0 Å². The molecular formula is C9H7NO4. The van der Waals surface area contributed by atoms with Crippen LogP contribution in [-0.2, 0) is 9.59 Å². The molecule has 0 aliphatic heterocycles. The Morgan fingerprint density at radius 1 is 1.00 bits per heavy atom. The largest absolute Gasteiger partial charge is 0.476 e. The van der Waals surface area contributed by atoms with Gasteiger partial charge < -0.3 is 10.2 Å². The van der Waals surface area contributed by atoms with E-state index in [2.05, 4.69) is 4.99 Å². The number of para-hydroxylation sites is 1. The first kappa shape index (κ1) is 9.91. The van der Waals surface area contributed by atoms with Crippen LogP contribution in [0.2, 0.25) is 0 Å². The van der Waals surface area contributed by atoms with Crippen LogP contribution in [0.5, 0.6) is 0 Å². The van der Waals surface area contributed by atoms with E-state index >= 15 is 0 Å². The first-order chi connectivity index (χ1) is 6.61. The molecule has 0 heterocycles. The number of carbonyl (C=O) groups is 2. The quantitative estimate of drug-likeness (QED) is 0.552. The second kappa shape index (κ2) is 4.18. The molecule has 5 heteroatoms. The van der Waals surface area contributed by atoms with E-state index in [0.717, 1.165) is 0 Å². The number of carboxylic acid groups (broad SMARTS) is 2. The maximum Gasteiger partial charge on any atom is 0.362 e. The lowest BCUT2D eigenvalue weighted by Crippen LogP contribution is -2.22. The Hall–Kier alpha value is -2.17. The van der Waals surface area contributed by atoms with Crippen LogP contribution in [0.15, 0.2) is 35.3 Å². The monoisotopic (exact) mass is 193 g/mol. The van der Waals surface area contributed by atoms with Crippen LogP contribution in [0.1, 0.15) is 0 Å². The molecule has 0 fully saturated rings. The summed E-state index contributed by atoms with van der Waals surface area (Å²) >= 11 is 0. The Balaban J connectivity index is 3.06. The number of hydrogen-bond acceptors (Lipinski definition) is 3. The van der Waals surface area contributed by atoms with Gasteiger partial charge in [-0.05, 0) is 12.1 Å². The van der Waals surface area contributed by atoms with Crippen LogP contribution < -0.4 is 0 Å². The lowest BCUT2D eigenvalue weighted by molar-refractivity contribution is -0.134. The van der Waals surface area contributed by atoms with E-state index in [9.17, 15) is 9.59 Å². The van der Waals surface area contributed by atoms with E-state index in [-0.39, 0.29) is 0 Å². The van der Waals surface area contributed by atoms with Gasteiger partial charge in [0.05, 0.1) is 5.69 Å². The molecule has 0 radical (unpaired) electrons. The molecule has 0 aliphatic carbocycles. The predicted molar refractivity (Wildman–Crippen MR) is 48.8 cm³/mol. The fraction of sp³-hybridized carbons (Fsp3) is 0. The number of benzene rings is 1. The summed E-state index contributed by atoms with van der Waals surface area (Å²) in [6.45, 7) is 0. The zero-order valence-corrected chi connectivity index (χ0v) is 7.04. The molecular weight excluding hydrogens is 186 g/mol. The Bertz CT molecular complexity index is 367. The second-order valence-electron chi connectivity index (χ2n) is 2.41. The van der Waals surface area contributed by atoms with Crippen LogP contribution in [0.4, 0.5) is 5.69 Å².